The molecule has 5 nitrogen and oxygen atoms in total. The first-order valence-corrected chi connectivity index (χ1v) is 6.18. The molecule has 104 valence electrons. The number of primary amides is 1. The van der Waals surface area contributed by atoms with Gasteiger partial charge in [-0.1, -0.05) is 36.4 Å². The maximum absolute atomic E-state index is 10.9. The molecule has 1 heterocycles. The van der Waals surface area contributed by atoms with Gasteiger partial charge in [0.05, 0.1) is 0 Å². The normalized spacial score (nSPS) is 12.5. The van der Waals surface area contributed by atoms with E-state index in [0.717, 1.165) is 5.56 Å². The van der Waals surface area contributed by atoms with Crippen LogP contribution < -0.4 is 5.73 Å². The lowest BCUT2D eigenvalue weighted by atomic mass is 10.2. The van der Waals surface area contributed by atoms with Gasteiger partial charge in [-0.05, 0) is 30.7 Å². The van der Waals surface area contributed by atoms with Gasteiger partial charge < -0.3 is 10.2 Å². The van der Waals surface area contributed by atoms with Crippen molar-refractivity contribution in [2.24, 2.45) is 5.73 Å². The molecule has 0 aliphatic rings. The van der Waals surface area contributed by atoms with E-state index in [1.165, 1.54) is 0 Å². The topological polar surface area (TPSA) is 79.7 Å². The second-order valence-electron chi connectivity index (χ2n) is 4.34. The predicted molar refractivity (Wildman–Crippen MR) is 75.7 cm³/mol. The molecule has 0 fully saturated rings. The number of urea groups is 1. The standard InChI is InChI=1S/C15H16N2O3/c1-11(17(19)15(16)18)14-10-9-13(20-14)8-7-12-5-3-2-4-6-12/h2-11,19H,1H3,(H2,16,18)/b8-7+. The number of nitrogens with two attached hydrogens (primary N) is 1. The SMILES string of the molecule is CC(c1ccc(/C=C/c2ccccc2)o1)N(O)C(N)=O. The Morgan fingerprint density at radius 2 is 1.95 bits per heavy atom. The molecule has 0 radical (unpaired) electrons. The van der Waals surface area contributed by atoms with Gasteiger partial charge in [-0.15, -0.1) is 0 Å². The summed E-state index contributed by atoms with van der Waals surface area (Å²) in [5.74, 6) is 1.09. The highest BCUT2D eigenvalue weighted by atomic mass is 16.5. The summed E-state index contributed by atoms with van der Waals surface area (Å²) >= 11 is 0. The van der Waals surface area contributed by atoms with E-state index in [0.29, 0.717) is 16.6 Å². The predicted octanol–water partition coefficient (Wildman–Crippen LogP) is 3.28. The zero-order valence-corrected chi connectivity index (χ0v) is 11.1. The van der Waals surface area contributed by atoms with Gasteiger partial charge in [0.2, 0.25) is 0 Å². The molecule has 2 aromatic rings. The first kappa shape index (κ1) is 13.9. The monoisotopic (exact) mass is 272 g/mol. The molecule has 20 heavy (non-hydrogen) atoms. The number of hydrogen-bond donors (Lipinski definition) is 2. The highest BCUT2D eigenvalue weighted by Gasteiger charge is 2.19. The molecule has 1 aromatic carbocycles. The summed E-state index contributed by atoms with van der Waals surface area (Å²) in [6.45, 7) is 1.62. The Bertz CT molecular complexity index is 605. The number of amides is 2. The lowest BCUT2D eigenvalue weighted by Gasteiger charge is -2.17. The van der Waals surface area contributed by atoms with Crippen molar-refractivity contribution >= 4 is 18.2 Å². The van der Waals surface area contributed by atoms with Crippen LogP contribution in [0.4, 0.5) is 4.79 Å². The van der Waals surface area contributed by atoms with Gasteiger partial charge in [0.15, 0.2) is 0 Å². The van der Waals surface area contributed by atoms with E-state index in [4.69, 9.17) is 10.2 Å². The molecule has 0 saturated carbocycles. The number of nitrogens with zero attached hydrogens (tertiary/aromatic N) is 1. The average Bonchev–Trinajstić information content (AvgIpc) is 2.93. The number of furan rings is 1. The first-order valence-electron chi connectivity index (χ1n) is 6.18. The minimum Gasteiger partial charge on any atom is -0.459 e. The third-order valence-electron chi connectivity index (χ3n) is 2.89. The summed E-state index contributed by atoms with van der Waals surface area (Å²) in [7, 11) is 0. The molecule has 1 unspecified atom stereocenters. The Hall–Kier alpha value is -2.53. The highest BCUT2D eigenvalue weighted by Crippen LogP contribution is 2.22. The number of carbonyl (C=O) groups excluding carboxylic acids is 1. The molecule has 1 atom stereocenters. The number of hydroxylamine groups is 2. The van der Waals surface area contributed by atoms with Crippen LogP contribution in [-0.2, 0) is 0 Å². The second kappa shape index (κ2) is 6.08. The number of benzene rings is 1. The van der Waals surface area contributed by atoms with Gasteiger partial charge >= 0.3 is 6.03 Å². The van der Waals surface area contributed by atoms with Gasteiger partial charge in [0.1, 0.15) is 17.6 Å². The third kappa shape index (κ3) is 3.27. The summed E-state index contributed by atoms with van der Waals surface area (Å²) in [6, 6.07) is 11.7. The molecule has 0 bridgehead atoms. The first-order chi connectivity index (χ1) is 9.58. The van der Waals surface area contributed by atoms with Gasteiger partial charge in [-0.3, -0.25) is 5.21 Å². The minimum atomic E-state index is -0.921. The fourth-order valence-electron chi connectivity index (χ4n) is 1.74. The van der Waals surface area contributed by atoms with Crippen LogP contribution in [0.15, 0.2) is 46.9 Å². The Balaban J connectivity index is 2.09. The van der Waals surface area contributed by atoms with Crippen molar-refractivity contribution < 1.29 is 14.4 Å². The molecule has 3 N–H and O–H groups in total. The van der Waals surface area contributed by atoms with Gasteiger partial charge in [0, 0.05) is 0 Å². The summed E-state index contributed by atoms with van der Waals surface area (Å²) in [4.78, 5) is 10.9. The molecular formula is C15H16N2O3. The number of hydrogen-bond acceptors (Lipinski definition) is 3. The van der Waals surface area contributed by atoms with E-state index < -0.39 is 12.1 Å². The molecular weight excluding hydrogens is 256 g/mol. The van der Waals surface area contributed by atoms with Gasteiger partial charge in [-0.25, -0.2) is 4.79 Å². The van der Waals surface area contributed by atoms with Gasteiger partial charge in [-0.2, -0.15) is 5.06 Å². The van der Waals surface area contributed by atoms with Crippen LogP contribution in [0.5, 0.6) is 0 Å². The van der Waals surface area contributed by atoms with E-state index >= 15 is 0 Å². The fraction of sp³-hybridized carbons (Fsp3) is 0.133. The summed E-state index contributed by atoms with van der Waals surface area (Å²) < 4.78 is 5.54. The second-order valence-corrected chi connectivity index (χ2v) is 4.34. The fourth-order valence-corrected chi connectivity index (χ4v) is 1.74. The van der Waals surface area contributed by atoms with Crippen molar-refractivity contribution in [1.82, 2.24) is 5.06 Å². The van der Waals surface area contributed by atoms with Crippen molar-refractivity contribution in [3.8, 4) is 0 Å². The lowest BCUT2D eigenvalue weighted by molar-refractivity contribution is -0.0762. The van der Waals surface area contributed by atoms with Crippen LogP contribution in [0.1, 0.15) is 30.0 Å². The van der Waals surface area contributed by atoms with Crippen LogP contribution in [0, 0.1) is 0 Å². The number of rotatable bonds is 4. The number of carbonyl (C=O) groups is 1. The molecule has 0 aliphatic heterocycles. The average molecular weight is 272 g/mol. The Morgan fingerprint density at radius 1 is 1.25 bits per heavy atom. The van der Waals surface area contributed by atoms with Crippen LogP contribution >= 0.6 is 0 Å². The van der Waals surface area contributed by atoms with Crippen molar-refractivity contribution in [2.45, 2.75) is 13.0 Å². The van der Waals surface area contributed by atoms with Gasteiger partial charge in [0.25, 0.3) is 0 Å². The van der Waals surface area contributed by atoms with Crippen molar-refractivity contribution in [3.05, 3.63) is 59.5 Å². The third-order valence-corrected chi connectivity index (χ3v) is 2.89. The van der Waals surface area contributed by atoms with Crippen LogP contribution in [0.25, 0.3) is 12.2 Å². The molecule has 0 aliphatic carbocycles. The molecule has 5 heteroatoms. The molecule has 1 aromatic heterocycles. The Morgan fingerprint density at radius 3 is 2.60 bits per heavy atom. The van der Waals surface area contributed by atoms with E-state index in [2.05, 4.69) is 0 Å². The van der Waals surface area contributed by atoms with Crippen LogP contribution in [0.2, 0.25) is 0 Å². The molecule has 2 amide bonds. The van der Waals surface area contributed by atoms with E-state index in [-0.39, 0.29) is 0 Å². The maximum Gasteiger partial charge on any atom is 0.339 e. The molecule has 0 spiro atoms. The molecule has 2 rings (SSSR count). The van der Waals surface area contributed by atoms with E-state index in [9.17, 15) is 10.0 Å². The van der Waals surface area contributed by atoms with E-state index in [1.807, 2.05) is 42.5 Å². The summed E-state index contributed by atoms with van der Waals surface area (Å²) in [6.07, 6.45) is 3.73. The Kier molecular flexibility index (Phi) is 4.22. The quantitative estimate of drug-likeness (QED) is 0.662. The minimum absolute atomic E-state index is 0.434. The molecule has 0 saturated heterocycles. The van der Waals surface area contributed by atoms with Crippen molar-refractivity contribution in [3.63, 3.8) is 0 Å². The highest BCUT2D eigenvalue weighted by molar-refractivity contribution is 5.71. The maximum atomic E-state index is 10.9. The smallest absolute Gasteiger partial charge is 0.339 e. The van der Waals surface area contributed by atoms with Crippen LogP contribution in [0.3, 0.4) is 0 Å². The summed E-state index contributed by atoms with van der Waals surface area (Å²) in [5.41, 5.74) is 6.05. The zero-order valence-electron chi connectivity index (χ0n) is 11.1. The van der Waals surface area contributed by atoms with Crippen molar-refractivity contribution in [2.75, 3.05) is 0 Å². The Labute approximate surface area is 116 Å². The largest absolute Gasteiger partial charge is 0.459 e. The lowest BCUT2D eigenvalue weighted by Crippen LogP contribution is -2.34. The van der Waals surface area contributed by atoms with E-state index in [1.54, 1.807) is 19.1 Å². The van der Waals surface area contributed by atoms with Crippen molar-refractivity contribution in [1.29, 1.82) is 0 Å². The zero-order chi connectivity index (χ0) is 14.5. The summed E-state index contributed by atoms with van der Waals surface area (Å²) in [5, 5.41) is 9.88. The van der Waals surface area contributed by atoms with Crippen LogP contribution in [-0.4, -0.2) is 16.3 Å².